The van der Waals surface area contributed by atoms with E-state index >= 15 is 0 Å². The first-order valence-corrected chi connectivity index (χ1v) is 10.3. The Labute approximate surface area is 165 Å². The van der Waals surface area contributed by atoms with Crippen molar-refractivity contribution in [3.05, 3.63) is 36.0 Å². The summed E-state index contributed by atoms with van der Waals surface area (Å²) >= 11 is 0. The van der Waals surface area contributed by atoms with Crippen LogP contribution in [-0.2, 0) is 0 Å². The van der Waals surface area contributed by atoms with E-state index in [1.807, 2.05) is 24.5 Å². The van der Waals surface area contributed by atoms with Gasteiger partial charge < -0.3 is 14.2 Å². The fourth-order valence-electron chi connectivity index (χ4n) is 3.88. The molecular formula is C21H26N4O3. The molecule has 4 heterocycles. The molecule has 2 aliphatic heterocycles. The molecule has 148 valence electrons. The Morgan fingerprint density at radius 1 is 1.04 bits per heavy atom. The van der Waals surface area contributed by atoms with Crippen molar-refractivity contribution in [3.63, 3.8) is 0 Å². The number of rotatable bonds is 5. The second-order valence-electron chi connectivity index (χ2n) is 7.82. The zero-order valence-corrected chi connectivity index (χ0v) is 16.2. The molecule has 1 unspecified atom stereocenters. The highest BCUT2D eigenvalue weighted by molar-refractivity contribution is 5.36. The van der Waals surface area contributed by atoms with Gasteiger partial charge in [0.25, 0.3) is 5.88 Å². The first-order chi connectivity index (χ1) is 13.8. The molecule has 2 fully saturated rings. The van der Waals surface area contributed by atoms with Crippen LogP contribution >= 0.6 is 0 Å². The number of hydrogen-bond donors (Lipinski definition) is 0. The van der Waals surface area contributed by atoms with E-state index in [1.165, 1.54) is 12.8 Å². The largest absolute Gasteiger partial charge is 0.487 e. The summed E-state index contributed by atoms with van der Waals surface area (Å²) < 4.78 is 17.3. The van der Waals surface area contributed by atoms with E-state index in [1.54, 1.807) is 0 Å². The molecule has 0 N–H and O–H groups in total. The van der Waals surface area contributed by atoms with E-state index < -0.39 is 0 Å². The summed E-state index contributed by atoms with van der Waals surface area (Å²) in [5.74, 6) is 3.67. The van der Waals surface area contributed by atoms with Crippen molar-refractivity contribution < 1.29 is 14.2 Å². The molecule has 0 radical (unpaired) electrons. The average Bonchev–Trinajstić information content (AvgIpc) is 3.59. The van der Waals surface area contributed by atoms with Crippen LogP contribution in [0.3, 0.4) is 0 Å². The number of piperidine rings is 1. The molecule has 1 saturated heterocycles. The molecule has 1 saturated carbocycles. The maximum absolute atomic E-state index is 6.11. The Balaban J connectivity index is 1.16. The Kier molecular flexibility index (Phi) is 4.76. The summed E-state index contributed by atoms with van der Waals surface area (Å²) in [5, 5.41) is 0. The quantitative estimate of drug-likeness (QED) is 0.787. The SMILES string of the molecule is CC(c1ccc2c(n1)OCCO2)N1CCC(Oc2cnc(C3CC3)nc2)CC1. The monoisotopic (exact) mass is 382 g/mol. The van der Waals surface area contributed by atoms with Gasteiger partial charge in [0.15, 0.2) is 11.5 Å². The third-order valence-corrected chi connectivity index (χ3v) is 5.77. The minimum atomic E-state index is 0.215. The van der Waals surface area contributed by atoms with Gasteiger partial charge in [0, 0.05) is 25.0 Å². The van der Waals surface area contributed by atoms with Gasteiger partial charge in [-0.3, -0.25) is 4.90 Å². The van der Waals surface area contributed by atoms with E-state index in [-0.39, 0.29) is 12.1 Å². The highest BCUT2D eigenvalue weighted by atomic mass is 16.6. The van der Waals surface area contributed by atoms with Gasteiger partial charge in [0.05, 0.1) is 18.1 Å². The van der Waals surface area contributed by atoms with Gasteiger partial charge in [-0.2, -0.15) is 0 Å². The third kappa shape index (κ3) is 3.76. The lowest BCUT2D eigenvalue weighted by molar-refractivity contribution is 0.0775. The molecule has 1 atom stereocenters. The Morgan fingerprint density at radius 3 is 2.54 bits per heavy atom. The fourth-order valence-corrected chi connectivity index (χ4v) is 3.88. The predicted octanol–water partition coefficient (Wildman–Crippen LogP) is 3.12. The average molecular weight is 382 g/mol. The summed E-state index contributed by atoms with van der Waals surface area (Å²) in [6.45, 7) is 5.30. The zero-order valence-electron chi connectivity index (χ0n) is 16.2. The summed E-state index contributed by atoms with van der Waals surface area (Å²) in [5.41, 5.74) is 1.02. The highest BCUT2D eigenvalue weighted by Crippen LogP contribution is 2.38. The van der Waals surface area contributed by atoms with Crippen LogP contribution in [-0.4, -0.2) is 52.3 Å². The maximum atomic E-state index is 6.11. The van der Waals surface area contributed by atoms with Crippen molar-refractivity contribution in [2.45, 2.75) is 50.7 Å². The number of ether oxygens (including phenoxy) is 3. The van der Waals surface area contributed by atoms with Crippen molar-refractivity contribution >= 4 is 0 Å². The lowest BCUT2D eigenvalue weighted by Gasteiger charge is -2.35. The molecule has 0 bridgehead atoms. The summed E-state index contributed by atoms with van der Waals surface area (Å²) in [6.07, 6.45) is 8.28. The van der Waals surface area contributed by atoms with E-state index in [9.17, 15) is 0 Å². The summed E-state index contributed by atoms with van der Waals surface area (Å²) in [6, 6.07) is 4.24. The van der Waals surface area contributed by atoms with Gasteiger partial charge in [0.1, 0.15) is 25.1 Å². The van der Waals surface area contributed by atoms with E-state index in [0.29, 0.717) is 25.0 Å². The molecular weight excluding hydrogens is 356 g/mol. The first-order valence-electron chi connectivity index (χ1n) is 10.3. The zero-order chi connectivity index (χ0) is 18.9. The van der Waals surface area contributed by atoms with Crippen LogP contribution in [0.25, 0.3) is 0 Å². The molecule has 2 aromatic rings. The van der Waals surface area contributed by atoms with Crippen LogP contribution in [0.1, 0.15) is 56.1 Å². The molecule has 0 spiro atoms. The van der Waals surface area contributed by atoms with Crippen LogP contribution < -0.4 is 14.2 Å². The van der Waals surface area contributed by atoms with Crippen LogP contribution in [0.4, 0.5) is 0 Å². The molecule has 0 amide bonds. The molecule has 0 aromatic carbocycles. The van der Waals surface area contributed by atoms with Crippen LogP contribution in [0.15, 0.2) is 24.5 Å². The maximum Gasteiger partial charge on any atom is 0.257 e. The summed E-state index contributed by atoms with van der Waals surface area (Å²) in [7, 11) is 0. The second-order valence-corrected chi connectivity index (χ2v) is 7.82. The van der Waals surface area contributed by atoms with Gasteiger partial charge in [-0.25, -0.2) is 15.0 Å². The highest BCUT2D eigenvalue weighted by Gasteiger charge is 2.28. The Bertz CT molecular complexity index is 817. The molecule has 28 heavy (non-hydrogen) atoms. The number of hydrogen-bond acceptors (Lipinski definition) is 7. The molecule has 1 aliphatic carbocycles. The molecule has 5 rings (SSSR count). The predicted molar refractivity (Wildman–Crippen MR) is 103 cm³/mol. The van der Waals surface area contributed by atoms with Gasteiger partial charge >= 0.3 is 0 Å². The van der Waals surface area contributed by atoms with Crippen LogP contribution in [0.2, 0.25) is 0 Å². The smallest absolute Gasteiger partial charge is 0.257 e. The first kappa shape index (κ1) is 17.7. The van der Waals surface area contributed by atoms with Crippen molar-refractivity contribution in [3.8, 4) is 17.4 Å². The second kappa shape index (κ2) is 7.54. The van der Waals surface area contributed by atoms with Crippen LogP contribution in [0.5, 0.6) is 17.4 Å². The van der Waals surface area contributed by atoms with Crippen molar-refractivity contribution in [1.82, 2.24) is 19.9 Å². The van der Waals surface area contributed by atoms with Gasteiger partial charge in [-0.15, -0.1) is 0 Å². The summed E-state index contributed by atoms with van der Waals surface area (Å²) in [4.78, 5) is 16.0. The van der Waals surface area contributed by atoms with Gasteiger partial charge in [-0.1, -0.05) is 0 Å². The van der Waals surface area contributed by atoms with Gasteiger partial charge in [-0.05, 0) is 44.7 Å². The van der Waals surface area contributed by atoms with Gasteiger partial charge in [0.2, 0.25) is 0 Å². The molecule has 7 heteroatoms. The lowest BCUT2D eigenvalue weighted by atomic mass is 10.0. The Hall–Kier alpha value is -2.41. The third-order valence-electron chi connectivity index (χ3n) is 5.77. The Morgan fingerprint density at radius 2 is 1.79 bits per heavy atom. The minimum Gasteiger partial charge on any atom is -0.487 e. The normalized spacial score (nSPS) is 21.3. The number of pyridine rings is 1. The minimum absolute atomic E-state index is 0.215. The molecule has 7 nitrogen and oxygen atoms in total. The number of likely N-dealkylation sites (tertiary alicyclic amines) is 1. The lowest BCUT2D eigenvalue weighted by Crippen LogP contribution is -2.39. The van der Waals surface area contributed by atoms with Crippen molar-refractivity contribution in [1.29, 1.82) is 0 Å². The number of nitrogens with zero attached hydrogens (tertiary/aromatic N) is 4. The van der Waals surface area contributed by atoms with E-state index in [2.05, 4.69) is 26.8 Å². The fraction of sp³-hybridized carbons (Fsp3) is 0.571. The molecule has 3 aliphatic rings. The van der Waals surface area contributed by atoms with Crippen molar-refractivity contribution in [2.24, 2.45) is 0 Å². The van der Waals surface area contributed by atoms with Crippen LogP contribution in [0, 0.1) is 0 Å². The number of fused-ring (bicyclic) bond motifs is 1. The number of aromatic nitrogens is 3. The van der Waals surface area contributed by atoms with E-state index in [0.717, 1.165) is 48.9 Å². The standard InChI is InChI=1S/C21H26N4O3/c1-14(18-4-5-19-21(24-18)27-11-10-26-19)25-8-6-16(7-9-25)28-17-12-22-20(23-13-17)15-2-3-15/h4-5,12-16H,2-3,6-11H2,1H3. The van der Waals surface area contributed by atoms with E-state index in [4.69, 9.17) is 14.2 Å². The molecule has 2 aromatic heterocycles. The van der Waals surface area contributed by atoms with Crippen molar-refractivity contribution in [2.75, 3.05) is 26.3 Å². The topological polar surface area (TPSA) is 69.6 Å².